The Morgan fingerprint density at radius 2 is 2.09 bits per heavy atom. The Morgan fingerprint density at radius 1 is 1.30 bits per heavy atom. The van der Waals surface area contributed by atoms with E-state index in [1.54, 1.807) is 18.2 Å². The summed E-state index contributed by atoms with van der Waals surface area (Å²) in [6.45, 7) is 4.21. The molecule has 23 heavy (non-hydrogen) atoms. The molecule has 124 valence electrons. The van der Waals surface area contributed by atoms with Crippen LogP contribution in [0.1, 0.15) is 31.3 Å². The quantitative estimate of drug-likeness (QED) is 0.766. The molecule has 1 atom stereocenters. The molecule has 2 amide bonds. The number of carbonyl (C=O) groups is 1. The third-order valence-electron chi connectivity index (χ3n) is 3.62. The molecule has 1 unspecified atom stereocenters. The van der Waals surface area contributed by atoms with Crippen LogP contribution in [0.5, 0.6) is 0 Å². The summed E-state index contributed by atoms with van der Waals surface area (Å²) in [5.74, 6) is 0.0898. The van der Waals surface area contributed by atoms with Crippen molar-refractivity contribution in [2.45, 2.75) is 25.4 Å². The number of furan rings is 1. The Labute approximate surface area is 134 Å². The van der Waals surface area contributed by atoms with Gasteiger partial charge in [-0.25, -0.2) is 9.18 Å². The zero-order chi connectivity index (χ0) is 16.9. The van der Waals surface area contributed by atoms with Crippen molar-refractivity contribution in [1.29, 1.82) is 0 Å². The molecular formula is C17H21FN2O3. The van der Waals surface area contributed by atoms with Crippen LogP contribution in [0.4, 0.5) is 9.18 Å². The summed E-state index contributed by atoms with van der Waals surface area (Å²) in [7, 11) is 0. The molecule has 3 N–H and O–H groups in total. The fourth-order valence-corrected chi connectivity index (χ4v) is 2.15. The third kappa shape index (κ3) is 4.82. The number of hydrogen-bond acceptors (Lipinski definition) is 3. The molecule has 0 aliphatic heterocycles. The van der Waals surface area contributed by atoms with Crippen LogP contribution in [-0.2, 0) is 5.41 Å². The molecule has 0 aliphatic carbocycles. The monoisotopic (exact) mass is 320 g/mol. The highest BCUT2D eigenvalue weighted by atomic mass is 19.1. The smallest absolute Gasteiger partial charge is 0.314 e. The predicted molar refractivity (Wildman–Crippen MR) is 84.5 cm³/mol. The molecule has 5 nitrogen and oxygen atoms in total. The van der Waals surface area contributed by atoms with Crippen LogP contribution in [0.2, 0.25) is 0 Å². The molecule has 1 heterocycles. The standard InChI is InChI=1S/C17H21FN2O3/c1-17(2,12-5-3-6-13(18)9-12)11-20-16(22)19-10-14(21)15-7-4-8-23-15/h3-9,14,21H,10-11H2,1-2H3,(H2,19,20,22). The minimum Gasteiger partial charge on any atom is -0.467 e. The van der Waals surface area contributed by atoms with Crippen LogP contribution in [0, 0.1) is 5.82 Å². The number of aliphatic hydroxyl groups is 1. The molecule has 0 saturated heterocycles. The number of nitrogens with one attached hydrogen (secondary N) is 2. The highest BCUT2D eigenvalue weighted by Crippen LogP contribution is 2.22. The highest BCUT2D eigenvalue weighted by Gasteiger charge is 2.22. The summed E-state index contributed by atoms with van der Waals surface area (Å²) in [5, 5.41) is 15.1. The van der Waals surface area contributed by atoms with Crippen molar-refractivity contribution in [2.24, 2.45) is 0 Å². The summed E-state index contributed by atoms with van der Waals surface area (Å²) in [4.78, 5) is 11.8. The van der Waals surface area contributed by atoms with Crippen molar-refractivity contribution in [1.82, 2.24) is 10.6 Å². The molecule has 2 rings (SSSR count). The summed E-state index contributed by atoms with van der Waals surface area (Å²) in [6, 6.07) is 9.21. The fourth-order valence-electron chi connectivity index (χ4n) is 2.15. The van der Waals surface area contributed by atoms with Crippen LogP contribution in [0.3, 0.4) is 0 Å². The van der Waals surface area contributed by atoms with E-state index in [0.29, 0.717) is 12.3 Å². The maximum Gasteiger partial charge on any atom is 0.314 e. The normalized spacial score (nSPS) is 12.7. The summed E-state index contributed by atoms with van der Waals surface area (Å²) >= 11 is 0. The first-order valence-electron chi connectivity index (χ1n) is 7.38. The number of halogens is 1. The van der Waals surface area contributed by atoms with Crippen molar-refractivity contribution < 1.29 is 18.7 Å². The van der Waals surface area contributed by atoms with Gasteiger partial charge in [0, 0.05) is 12.0 Å². The lowest BCUT2D eigenvalue weighted by molar-refractivity contribution is 0.147. The van der Waals surface area contributed by atoms with Crippen molar-refractivity contribution >= 4 is 6.03 Å². The maximum absolute atomic E-state index is 13.3. The predicted octanol–water partition coefficient (Wildman–Crippen LogP) is 2.73. The topological polar surface area (TPSA) is 74.5 Å². The average Bonchev–Trinajstić information content (AvgIpc) is 3.05. The van der Waals surface area contributed by atoms with Crippen LogP contribution in [-0.4, -0.2) is 24.2 Å². The van der Waals surface area contributed by atoms with E-state index in [1.807, 2.05) is 19.9 Å². The number of benzene rings is 1. The van der Waals surface area contributed by atoms with Gasteiger partial charge in [-0.15, -0.1) is 0 Å². The van der Waals surface area contributed by atoms with Gasteiger partial charge >= 0.3 is 6.03 Å². The Bertz CT molecular complexity index is 641. The number of urea groups is 1. The number of carbonyl (C=O) groups excluding carboxylic acids is 1. The van der Waals surface area contributed by atoms with Gasteiger partial charge in [0.25, 0.3) is 0 Å². The number of hydrogen-bond donors (Lipinski definition) is 3. The molecule has 0 spiro atoms. The first-order chi connectivity index (χ1) is 10.9. The first kappa shape index (κ1) is 17.0. The lowest BCUT2D eigenvalue weighted by Crippen LogP contribution is -2.43. The molecule has 0 saturated carbocycles. The number of amides is 2. The zero-order valence-corrected chi connectivity index (χ0v) is 13.2. The number of rotatable bonds is 6. The largest absolute Gasteiger partial charge is 0.467 e. The molecule has 0 radical (unpaired) electrons. The van der Waals surface area contributed by atoms with Crippen molar-refractivity contribution in [3.8, 4) is 0 Å². The van der Waals surface area contributed by atoms with Gasteiger partial charge in [0.2, 0.25) is 0 Å². The number of aliphatic hydroxyl groups excluding tert-OH is 1. The summed E-state index contributed by atoms with van der Waals surface area (Å²) in [6.07, 6.45) is 0.562. The zero-order valence-electron chi connectivity index (χ0n) is 13.2. The minimum absolute atomic E-state index is 0.0414. The van der Waals surface area contributed by atoms with Gasteiger partial charge in [-0.3, -0.25) is 0 Å². The van der Waals surface area contributed by atoms with E-state index in [9.17, 15) is 14.3 Å². The highest BCUT2D eigenvalue weighted by molar-refractivity contribution is 5.74. The van der Waals surface area contributed by atoms with Crippen molar-refractivity contribution in [3.05, 3.63) is 59.8 Å². The average molecular weight is 320 g/mol. The van der Waals surface area contributed by atoms with Gasteiger partial charge in [0.05, 0.1) is 12.8 Å². The van der Waals surface area contributed by atoms with Gasteiger partial charge in [0.15, 0.2) is 0 Å². The van der Waals surface area contributed by atoms with Gasteiger partial charge < -0.3 is 20.2 Å². The van der Waals surface area contributed by atoms with Crippen LogP contribution in [0.15, 0.2) is 47.1 Å². The Balaban J connectivity index is 1.81. The lowest BCUT2D eigenvalue weighted by Gasteiger charge is -2.26. The van der Waals surface area contributed by atoms with Crippen molar-refractivity contribution in [3.63, 3.8) is 0 Å². The van der Waals surface area contributed by atoms with E-state index in [1.165, 1.54) is 18.4 Å². The minimum atomic E-state index is -0.896. The second kappa shape index (κ2) is 7.28. The van der Waals surface area contributed by atoms with Gasteiger partial charge in [-0.05, 0) is 29.8 Å². The van der Waals surface area contributed by atoms with E-state index in [0.717, 1.165) is 5.56 Å². The summed E-state index contributed by atoms with van der Waals surface area (Å²) in [5.41, 5.74) is 0.382. The molecule has 0 bridgehead atoms. The van der Waals surface area contributed by atoms with E-state index < -0.39 is 17.6 Å². The van der Waals surface area contributed by atoms with E-state index >= 15 is 0 Å². The van der Waals surface area contributed by atoms with Crippen LogP contribution < -0.4 is 10.6 Å². The van der Waals surface area contributed by atoms with E-state index in [2.05, 4.69) is 10.6 Å². The van der Waals surface area contributed by atoms with Crippen LogP contribution in [0.25, 0.3) is 0 Å². The van der Waals surface area contributed by atoms with Crippen molar-refractivity contribution in [2.75, 3.05) is 13.1 Å². The van der Waals surface area contributed by atoms with Crippen LogP contribution >= 0.6 is 0 Å². The van der Waals surface area contributed by atoms with Gasteiger partial charge in [-0.2, -0.15) is 0 Å². The molecule has 1 aromatic carbocycles. The molecule has 0 aliphatic rings. The summed E-state index contributed by atoms with van der Waals surface area (Å²) < 4.78 is 18.4. The molecule has 0 fully saturated rings. The van der Waals surface area contributed by atoms with E-state index in [-0.39, 0.29) is 12.4 Å². The third-order valence-corrected chi connectivity index (χ3v) is 3.62. The Morgan fingerprint density at radius 3 is 2.74 bits per heavy atom. The maximum atomic E-state index is 13.3. The van der Waals surface area contributed by atoms with Gasteiger partial charge in [0.1, 0.15) is 17.7 Å². The Kier molecular flexibility index (Phi) is 5.39. The van der Waals surface area contributed by atoms with Gasteiger partial charge in [-0.1, -0.05) is 26.0 Å². The molecule has 2 aromatic rings. The first-order valence-corrected chi connectivity index (χ1v) is 7.38. The Hall–Kier alpha value is -2.34. The second-order valence-corrected chi connectivity index (χ2v) is 5.99. The molecule has 6 heteroatoms. The molecule has 1 aromatic heterocycles. The molecular weight excluding hydrogens is 299 g/mol. The second-order valence-electron chi connectivity index (χ2n) is 5.99. The lowest BCUT2D eigenvalue weighted by atomic mass is 9.84. The fraction of sp³-hybridized carbons (Fsp3) is 0.353. The SMILES string of the molecule is CC(C)(CNC(=O)NCC(O)c1ccco1)c1cccc(F)c1. The van der Waals surface area contributed by atoms with E-state index in [4.69, 9.17) is 4.42 Å².